The highest BCUT2D eigenvalue weighted by Crippen LogP contribution is 2.33. The maximum atomic E-state index is 12.9. The van der Waals surface area contributed by atoms with Gasteiger partial charge in [0.05, 0.1) is 12.1 Å². The van der Waals surface area contributed by atoms with Crippen LogP contribution in [0, 0.1) is 5.92 Å². The number of nitrogens with zero attached hydrogens (tertiary/aromatic N) is 2. The second-order valence-corrected chi connectivity index (χ2v) is 19.1. The molecule has 1 unspecified atom stereocenters. The molecule has 1 aliphatic heterocycles. The molecule has 1 N–H and O–H groups in total. The van der Waals surface area contributed by atoms with Crippen molar-refractivity contribution in [1.29, 1.82) is 0 Å². The molecule has 7 nitrogen and oxygen atoms in total. The van der Waals surface area contributed by atoms with Crippen molar-refractivity contribution >= 4 is 37.4 Å². The summed E-state index contributed by atoms with van der Waals surface area (Å²) in [5, 5.41) is 3.48. The second kappa shape index (κ2) is 13.5. The van der Waals surface area contributed by atoms with E-state index in [2.05, 4.69) is 55.8 Å². The zero-order valence-corrected chi connectivity index (χ0v) is 26.8. The van der Waals surface area contributed by atoms with Gasteiger partial charge in [-0.2, -0.15) is 0 Å². The molecule has 1 heterocycles. The zero-order valence-electron chi connectivity index (χ0n) is 25.0. The lowest BCUT2D eigenvalue weighted by molar-refractivity contribution is -0.151. The number of carbonyl (C=O) groups is 2. The highest BCUT2D eigenvalue weighted by molar-refractivity contribution is 6.76. The number of carbonyl (C=O) groups excluding carboxylic acids is 2. The maximum Gasteiger partial charge on any atom is 0.410 e. The molecule has 1 aromatic rings. The number of nitrogens with one attached hydrogen (secondary N) is 1. The molecule has 1 saturated heterocycles. The van der Waals surface area contributed by atoms with Gasteiger partial charge in [-0.1, -0.05) is 45.6 Å². The van der Waals surface area contributed by atoms with Crippen molar-refractivity contribution in [2.75, 3.05) is 37.9 Å². The van der Waals surface area contributed by atoms with Gasteiger partial charge in [-0.15, -0.1) is 11.6 Å². The average molecular weight is 568 g/mol. The monoisotopic (exact) mass is 567 g/mol. The predicted octanol–water partition coefficient (Wildman–Crippen LogP) is 6.44. The van der Waals surface area contributed by atoms with Crippen LogP contribution >= 0.6 is 11.6 Å². The van der Waals surface area contributed by atoms with Gasteiger partial charge in [0.2, 0.25) is 0 Å². The summed E-state index contributed by atoms with van der Waals surface area (Å²) >= 11 is 6.43. The first-order valence-electron chi connectivity index (χ1n) is 13.8. The second-order valence-electron chi connectivity index (χ2n) is 13.2. The molecule has 0 spiro atoms. The van der Waals surface area contributed by atoms with Gasteiger partial charge < -0.3 is 14.8 Å². The number of ether oxygens (including phenoxy) is 2. The van der Waals surface area contributed by atoms with E-state index in [1.807, 2.05) is 40.0 Å². The number of rotatable bonds is 12. The average Bonchev–Trinajstić information content (AvgIpc) is 3.21. The summed E-state index contributed by atoms with van der Waals surface area (Å²) in [6, 6.07) is 8.89. The number of anilines is 1. The van der Waals surface area contributed by atoms with Crippen molar-refractivity contribution in [1.82, 2.24) is 9.80 Å². The third kappa shape index (κ3) is 9.76. The number of esters is 1. The fourth-order valence-corrected chi connectivity index (χ4v) is 5.88. The van der Waals surface area contributed by atoms with Crippen molar-refractivity contribution in [2.24, 2.45) is 5.92 Å². The van der Waals surface area contributed by atoms with Crippen molar-refractivity contribution < 1.29 is 19.1 Å². The summed E-state index contributed by atoms with van der Waals surface area (Å²) < 4.78 is 11.3. The first-order valence-corrected chi connectivity index (χ1v) is 18.1. The van der Waals surface area contributed by atoms with Crippen LogP contribution in [0.25, 0.3) is 0 Å². The van der Waals surface area contributed by atoms with E-state index in [0.717, 1.165) is 30.1 Å². The lowest BCUT2D eigenvalue weighted by atomic mass is 9.98. The van der Waals surface area contributed by atoms with Gasteiger partial charge in [0.25, 0.3) is 0 Å². The smallest absolute Gasteiger partial charge is 0.410 e. The molecular formula is C29H50ClN3O4Si. The molecule has 38 heavy (non-hydrogen) atoms. The summed E-state index contributed by atoms with van der Waals surface area (Å²) in [7, 11) is 0.727. The van der Waals surface area contributed by atoms with Gasteiger partial charge >= 0.3 is 12.1 Å². The van der Waals surface area contributed by atoms with Gasteiger partial charge in [-0.3, -0.25) is 14.6 Å². The molecule has 0 saturated carbocycles. The van der Waals surface area contributed by atoms with Crippen molar-refractivity contribution in [3.8, 4) is 0 Å². The Labute approximate surface area is 236 Å². The van der Waals surface area contributed by atoms with Crippen LogP contribution in [0.15, 0.2) is 24.3 Å². The third-order valence-corrected chi connectivity index (χ3v) is 9.11. The molecule has 1 aromatic carbocycles. The fraction of sp³-hybridized carbons (Fsp3) is 0.724. The van der Waals surface area contributed by atoms with E-state index in [0.29, 0.717) is 32.1 Å². The number of benzene rings is 1. The summed E-state index contributed by atoms with van der Waals surface area (Å²) in [5.41, 5.74) is 1.04. The Morgan fingerprint density at radius 1 is 1.18 bits per heavy atom. The van der Waals surface area contributed by atoms with Gasteiger partial charge in [0, 0.05) is 39.3 Å². The molecule has 1 amide bonds. The number of hydrogen-bond acceptors (Lipinski definition) is 6. The Kier molecular flexibility index (Phi) is 11.6. The maximum absolute atomic E-state index is 12.9. The molecular weight excluding hydrogens is 518 g/mol. The Bertz CT molecular complexity index is 914. The number of amides is 1. The normalized spacial score (nSPS) is 19.1. The van der Waals surface area contributed by atoms with Crippen LogP contribution in [0.4, 0.5) is 10.5 Å². The van der Waals surface area contributed by atoms with Gasteiger partial charge in [0.1, 0.15) is 11.6 Å². The van der Waals surface area contributed by atoms with Crippen LogP contribution in [0.2, 0.25) is 25.7 Å². The Hall–Kier alpha value is -1.77. The molecule has 0 bridgehead atoms. The van der Waals surface area contributed by atoms with Crippen LogP contribution in [-0.4, -0.2) is 79.7 Å². The quantitative estimate of drug-likeness (QED) is 0.178. The standard InChI is InChI=1S/C29H50ClN3O4Si/c1-22(2)25(26(34)36-17-18-38(7,8)9)32(6)19-23-11-13-24(14-12-23)31-21-29(20-30)15-10-16-33(29)27(35)37-28(3,4)5/h11-14,22,25,31H,10,15-21H2,1-9H3/t25-,29?/m0/s1. The van der Waals surface area contributed by atoms with Crippen molar-refractivity contribution in [3.63, 3.8) is 0 Å². The van der Waals surface area contributed by atoms with Crippen LogP contribution in [-0.2, 0) is 20.8 Å². The number of likely N-dealkylation sites (tertiary alicyclic amines) is 1. The molecule has 0 aliphatic carbocycles. The van der Waals surface area contributed by atoms with E-state index < -0.39 is 19.2 Å². The molecule has 2 atom stereocenters. The Morgan fingerprint density at radius 3 is 2.34 bits per heavy atom. The molecule has 2 rings (SSSR count). The summed E-state index contributed by atoms with van der Waals surface area (Å²) in [5.74, 6) is 0.343. The molecule has 0 radical (unpaired) electrons. The first-order chi connectivity index (χ1) is 17.6. The van der Waals surface area contributed by atoms with E-state index in [9.17, 15) is 9.59 Å². The lowest BCUT2D eigenvalue weighted by Crippen LogP contribution is -2.54. The largest absolute Gasteiger partial charge is 0.465 e. The minimum Gasteiger partial charge on any atom is -0.465 e. The number of halogens is 1. The van der Waals surface area contributed by atoms with Crippen LogP contribution < -0.4 is 5.32 Å². The van der Waals surface area contributed by atoms with E-state index in [-0.39, 0.29) is 24.0 Å². The first kappa shape index (κ1) is 32.4. The molecule has 1 aliphatic rings. The molecule has 1 fully saturated rings. The summed E-state index contributed by atoms with van der Waals surface area (Å²) in [4.78, 5) is 29.6. The van der Waals surface area contributed by atoms with E-state index in [1.54, 1.807) is 4.90 Å². The zero-order chi connectivity index (χ0) is 28.7. The van der Waals surface area contributed by atoms with E-state index in [1.165, 1.54) is 0 Å². The third-order valence-electron chi connectivity index (χ3n) is 6.91. The number of hydrogen-bond donors (Lipinski definition) is 1. The Balaban J connectivity index is 1.98. The van der Waals surface area contributed by atoms with Crippen LogP contribution in [0.5, 0.6) is 0 Å². The summed E-state index contributed by atoms with van der Waals surface area (Å²) in [6.07, 6.45) is 1.42. The van der Waals surface area contributed by atoms with Crippen molar-refractivity contribution in [2.45, 2.75) is 96.9 Å². The Morgan fingerprint density at radius 2 is 1.82 bits per heavy atom. The summed E-state index contributed by atoms with van der Waals surface area (Å²) in [6.45, 7) is 18.9. The number of likely N-dealkylation sites (N-methyl/N-ethyl adjacent to an activating group) is 1. The van der Waals surface area contributed by atoms with Gasteiger partial charge in [-0.25, -0.2) is 4.79 Å². The minimum absolute atomic E-state index is 0.142. The molecule has 9 heteroatoms. The van der Waals surface area contributed by atoms with Crippen molar-refractivity contribution in [3.05, 3.63) is 29.8 Å². The highest BCUT2D eigenvalue weighted by Gasteiger charge is 2.44. The SMILES string of the molecule is CC(C)[C@@H](C(=O)OCC[Si](C)(C)C)N(C)Cc1ccc(NCC2(CCl)CCCN2C(=O)OC(C)(C)C)cc1. The molecule has 216 valence electrons. The van der Waals surface area contributed by atoms with Gasteiger partial charge in [0.15, 0.2) is 0 Å². The predicted molar refractivity (Wildman–Crippen MR) is 160 cm³/mol. The van der Waals surface area contributed by atoms with Crippen LogP contribution in [0.1, 0.15) is 53.0 Å². The minimum atomic E-state index is -1.25. The topological polar surface area (TPSA) is 71.1 Å². The van der Waals surface area contributed by atoms with E-state index in [4.69, 9.17) is 21.1 Å². The molecule has 0 aromatic heterocycles. The number of alkyl halides is 1. The fourth-order valence-electron chi connectivity index (χ4n) is 4.80. The van der Waals surface area contributed by atoms with E-state index >= 15 is 0 Å². The van der Waals surface area contributed by atoms with Gasteiger partial charge in [-0.05, 0) is 70.3 Å². The van der Waals surface area contributed by atoms with Crippen LogP contribution in [0.3, 0.4) is 0 Å². The lowest BCUT2D eigenvalue weighted by Gasteiger charge is -2.38. The highest BCUT2D eigenvalue weighted by atomic mass is 35.5.